The van der Waals surface area contributed by atoms with E-state index in [4.69, 9.17) is 5.26 Å². The number of hydrogen-bond donors (Lipinski definition) is 2. The SMILES string of the molecule is CC(C)CC(CO)Nc1ccc(CC#N)c(C(F)(F)F)c1. The molecule has 0 radical (unpaired) electrons. The Hall–Kier alpha value is -1.74. The largest absolute Gasteiger partial charge is 0.416 e. The third kappa shape index (κ3) is 5.27. The van der Waals surface area contributed by atoms with Gasteiger partial charge in [-0.05, 0) is 30.0 Å². The van der Waals surface area contributed by atoms with Crippen LogP contribution in [0.15, 0.2) is 18.2 Å². The molecule has 1 aromatic rings. The van der Waals surface area contributed by atoms with Gasteiger partial charge in [0.15, 0.2) is 0 Å². The molecule has 1 unspecified atom stereocenters. The Morgan fingerprint density at radius 3 is 2.48 bits per heavy atom. The van der Waals surface area contributed by atoms with Crippen molar-refractivity contribution in [3.05, 3.63) is 29.3 Å². The molecule has 0 aliphatic rings. The quantitative estimate of drug-likeness (QED) is 0.844. The number of aliphatic hydroxyl groups excluding tert-OH is 1. The number of anilines is 1. The summed E-state index contributed by atoms with van der Waals surface area (Å²) in [7, 11) is 0. The molecule has 0 fully saturated rings. The van der Waals surface area contributed by atoms with Gasteiger partial charge in [0.05, 0.1) is 24.7 Å². The summed E-state index contributed by atoms with van der Waals surface area (Å²) in [5, 5.41) is 20.8. The molecule has 0 aliphatic heterocycles. The second-order valence-corrected chi connectivity index (χ2v) is 5.36. The van der Waals surface area contributed by atoms with Crippen molar-refractivity contribution in [2.24, 2.45) is 5.92 Å². The van der Waals surface area contributed by atoms with Crippen molar-refractivity contribution in [3.8, 4) is 6.07 Å². The fourth-order valence-electron chi connectivity index (χ4n) is 2.15. The molecule has 2 N–H and O–H groups in total. The van der Waals surface area contributed by atoms with Gasteiger partial charge in [-0.15, -0.1) is 0 Å². The second-order valence-electron chi connectivity index (χ2n) is 5.36. The van der Waals surface area contributed by atoms with E-state index in [1.54, 1.807) is 6.07 Å². The highest BCUT2D eigenvalue weighted by atomic mass is 19.4. The summed E-state index contributed by atoms with van der Waals surface area (Å²) >= 11 is 0. The van der Waals surface area contributed by atoms with E-state index in [1.807, 2.05) is 13.8 Å². The first-order valence-corrected chi connectivity index (χ1v) is 6.72. The predicted octanol–water partition coefficient (Wildman–Crippen LogP) is 3.59. The van der Waals surface area contributed by atoms with Crippen LogP contribution in [0.2, 0.25) is 0 Å². The average Bonchev–Trinajstić information content (AvgIpc) is 2.38. The highest BCUT2D eigenvalue weighted by Crippen LogP contribution is 2.34. The number of nitriles is 1. The Kier molecular flexibility index (Phi) is 6.03. The highest BCUT2D eigenvalue weighted by molar-refractivity contribution is 5.51. The second kappa shape index (κ2) is 7.32. The topological polar surface area (TPSA) is 56.0 Å². The summed E-state index contributed by atoms with van der Waals surface area (Å²) in [6.45, 7) is 3.79. The summed E-state index contributed by atoms with van der Waals surface area (Å²) in [5.41, 5.74) is -0.557. The van der Waals surface area contributed by atoms with Gasteiger partial charge in [0.25, 0.3) is 0 Å². The standard InChI is InChI=1S/C15H19F3N2O/c1-10(2)7-13(9-21)20-12-4-3-11(5-6-19)14(8-12)15(16,17)18/h3-4,8,10,13,20-21H,5,7,9H2,1-2H3. The first-order valence-electron chi connectivity index (χ1n) is 6.72. The zero-order valence-electron chi connectivity index (χ0n) is 12.0. The van der Waals surface area contributed by atoms with Gasteiger partial charge >= 0.3 is 6.18 Å². The normalized spacial score (nSPS) is 13.0. The van der Waals surface area contributed by atoms with Crippen molar-refractivity contribution in [1.82, 2.24) is 0 Å². The number of alkyl halides is 3. The van der Waals surface area contributed by atoms with Crippen LogP contribution in [0.1, 0.15) is 31.4 Å². The number of hydrogen-bond acceptors (Lipinski definition) is 3. The van der Waals surface area contributed by atoms with Gasteiger partial charge in [0.2, 0.25) is 0 Å². The van der Waals surface area contributed by atoms with Crippen LogP contribution >= 0.6 is 0 Å². The van der Waals surface area contributed by atoms with Gasteiger partial charge in [0, 0.05) is 11.7 Å². The number of rotatable bonds is 6. The molecule has 0 saturated heterocycles. The van der Waals surface area contributed by atoms with Gasteiger partial charge in [-0.1, -0.05) is 19.9 Å². The van der Waals surface area contributed by atoms with Crippen molar-refractivity contribution in [3.63, 3.8) is 0 Å². The Labute approximate surface area is 122 Å². The van der Waals surface area contributed by atoms with E-state index in [9.17, 15) is 18.3 Å². The molecule has 0 aliphatic carbocycles. The van der Waals surface area contributed by atoms with Gasteiger partial charge < -0.3 is 10.4 Å². The summed E-state index contributed by atoms with van der Waals surface area (Å²) in [5.74, 6) is 0.314. The molecule has 0 saturated carbocycles. The number of halogens is 3. The van der Waals surface area contributed by atoms with E-state index in [-0.39, 0.29) is 24.6 Å². The van der Waals surface area contributed by atoms with E-state index in [2.05, 4.69) is 5.32 Å². The van der Waals surface area contributed by atoms with Crippen LogP contribution < -0.4 is 5.32 Å². The van der Waals surface area contributed by atoms with Gasteiger partial charge in [-0.3, -0.25) is 0 Å². The lowest BCUT2D eigenvalue weighted by Gasteiger charge is -2.21. The van der Waals surface area contributed by atoms with E-state index in [0.717, 1.165) is 6.07 Å². The van der Waals surface area contributed by atoms with E-state index >= 15 is 0 Å². The Morgan fingerprint density at radius 2 is 2.00 bits per heavy atom. The number of nitrogens with zero attached hydrogens (tertiary/aromatic N) is 1. The van der Waals surface area contributed by atoms with Crippen molar-refractivity contribution in [2.45, 2.75) is 38.9 Å². The number of aliphatic hydroxyl groups is 1. The molecule has 6 heteroatoms. The molecule has 3 nitrogen and oxygen atoms in total. The third-order valence-electron chi connectivity index (χ3n) is 3.03. The minimum absolute atomic E-state index is 0.0417. The van der Waals surface area contributed by atoms with Crippen LogP contribution in [-0.4, -0.2) is 17.8 Å². The molecule has 0 bridgehead atoms. The van der Waals surface area contributed by atoms with Crippen molar-refractivity contribution in [1.29, 1.82) is 5.26 Å². The van der Waals surface area contributed by atoms with Crippen molar-refractivity contribution in [2.75, 3.05) is 11.9 Å². The summed E-state index contributed by atoms with van der Waals surface area (Å²) < 4.78 is 39.0. The monoisotopic (exact) mass is 300 g/mol. The predicted molar refractivity (Wildman–Crippen MR) is 74.7 cm³/mol. The van der Waals surface area contributed by atoms with Gasteiger partial charge in [-0.2, -0.15) is 18.4 Å². The maximum absolute atomic E-state index is 13.0. The van der Waals surface area contributed by atoms with Crippen LogP contribution in [0.4, 0.5) is 18.9 Å². The van der Waals surface area contributed by atoms with Crippen LogP contribution in [0.5, 0.6) is 0 Å². The molecule has 1 atom stereocenters. The number of benzene rings is 1. The zero-order chi connectivity index (χ0) is 16.0. The fourth-order valence-corrected chi connectivity index (χ4v) is 2.15. The van der Waals surface area contributed by atoms with Gasteiger partial charge in [0.1, 0.15) is 0 Å². The van der Waals surface area contributed by atoms with Crippen molar-refractivity contribution >= 4 is 5.69 Å². The lowest BCUT2D eigenvalue weighted by Crippen LogP contribution is -2.25. The zero-order valence-corrected chi connectivity index (χ0v) is 12.0. The Bertz CT molecular complexity index is 507. The molecular formula is C15H19F3N2O. The lowest BCUT2D eigenvalue weighted by molar-refractivity contribution is -0.138. The summed E-state index contributed by atoms with van der Waals surface area (Å²) in [4.78, 5) is 0. The maximum Gasteiger partial charge on any atom is 0.416 e. The van der Waals surface area contributed by atoms with Crippen LogP contribution in [-0.2, 0) is 12.6 Å². The minimum atomic E-state index is -4.50. The molecule has 1 rings (SSSR count). The minimum Gasteiger partial charge on any atom is -0.394 e. The average molecular weight is 300 g/mol. The summed E-state index contributed by atoms with van der Waals surface area (Å²) in [6, 6.07) is 5.24. The Morgan fingerprint density at radius 1 is 1.33 bits per heavy atom. The Balaban J connectivity index is 3.02. The molecule has 0 heterocycles. The smallest absolute Gasteiger partial charge is 0.394 e. The van der Waals surface area contributed by atoms with Crippen molar-refractivity contribution < 1.29 is 18.3 Å². The van der Waals surface area contributed by atoms with Crippen LogP contribution in [0, 0.1) is 17.2 Å². The van der Waals surface area contributed by atoms with E-state index in [1.165, 1.54) is 12.1 Å². The molecule has 0 spiro atoms. The fraction of sp³-hybridized carbons (Fsp3) is 0.533. The molecular weight excluding hydrogens is 281 g/mol. The highest BCUT2D eigenvalue weighted by Gasteiger charge is 2.33. The third-order valence-corrected chi connectivity index (χ3v) is 3.03. The van der Waals surface area contributed by atoms with Crippen LogP contribution in [0.25, 0.3) is 0 Å². The number of nitrogens with one attached hydrogen (secondary N) is 1. The lowest BCUT2D eigenvalue weighted by atomic mass is 10.0. The van der Waals surface area contributed by atoms with E-state index in [0.29, 0.717) is 18.0 Å². The summed E-state index contributed by atoms with van der Waals surface area (Å²) in [6.07, 6.45) is -4.14. The first kappa shape index (κ1) is 17.3. The maximum atomic E-state index is 13.0. The molecule has 21 heavy (non-hydrogen) atoms. The molecule has 0 aromatic heterocycles. The first-order chi connectivity index (χ1) is 9.77. The van der Waals surface area contributed by atoms with Gasteiger partial charge in [-0.25, -0.2) is 0 Å². The van der Waals surface area contributed by atoms with E-state index < -0.39 is 11.7 Å². The van der Waals surface area contributed by atoms with Crippen LogP contribution in [0.3, 0.4) is 0 Å². The molecule has 1 aromatic carbocycles. The molecule has 0 amide bonds. The molecule has 116 valence electrons.